The number of hydrogen-bond donors (Lipinski definition) is 1. The van der Waals surface area contributed by atoms with Crippen molar-refractivity contribution in [3.05, 3.63) is 58.6 Å². The van der Waals surface area contributed by atoms with Gasteiger partial charge in [0.25, 0.3) is 0 Å². The van der Waals surface area contributed by atoms with Gasteiger partial charge in [0.2, 0.25) is 21.8 Å². The van der Waals surface area contributed by atoms with E-state index in [4.69, 9.17) is 16.3 Å². The molecule has 2 rings (SSSR count). The lowest BCUT2D eigenvalue weighted by Crippen LogP contribution is -2.52. The molecule has 0 bridgehead atoms. The number of anilines is 1. The fourth-order valence-corrected chi connectivity index (χ4v) is 4.78. The first-order valence-corrected chi connectivity index (χ1v) is 14.0. The second-order valence-electron chi connectivity index (χ2n) is 9.12. The van der Waals surface area contributed by atoms with Crippen molar-refractivity contribution in [1.82, 2.24) is 10.2 Å². The molecule has 198 valence electrons. The summed E-state index contributed by atoms with van der Waals surface area (Å²) in [4.78, 5) is 28.3. The summed E-state index contributed by atoms with van der Waals surface area (Å²) in [6.07, 6.45) is 1.37. The Hall–Kier alpha value is -2.78. The van der Waals surface area contributed by atoms with Gasteiger partial charge in [-0.3, -0.25) is 13.9 Å². The molecule has 1 N–H and O–H groups in total. The Morgan fingerprint density at radius 1 is 1.14 bits per heavy atom. The third-order valence-corrected chi connectivity index (χ3v) is 7.15. The van der Waals surface area contributed by atoms with Crippen LogP contribution in [0.2, 0.25) is 5.02 Å². The molecule has 0 saturated heterocycles. The second-order valence-corrected chi connectivity index (χ2v) is 11.4. The molecule has 0 aliphatic rings. The van der Waals surface area contributed by atoms with Crippen LogP contribution in [0.15, 0.2) is 42.5 Å². The van der Waals surface area contributed by atoms with E-state index < -0.39 is 28.5 Å². The molecule has 0 heterocycles. The Morgan fingerprint density at radius 3 is 2.36 bits per heavy atom. The molecule has 0 aliphatic carbocycles. The van der Waals surface area contributed by atoms with Gasteiger partial charge in [0.1, 0.15) is 18.3 Å². The minimum absolute atomic E-state index is 0.0503. The number of aryl methyl sites for hydroxylation is 1. The van der Waals surface area contributed by atoms with Gasteiger partial charge in [0, 0.05) is 18.1 Å². The van der Waals surface area contributed by atoms with E-state index in [9.17, 15) is 18.0 Å². The Morgan fingerprint density at radius 2 is 1.81 bits per heavy atom. The van der Waals surface area contributed by atoms with Crippen molar-refractivity contribution < 1.29 is 22.7 Å². The number of nitrogens with zero attached hydrogens (tertiary/aromatic N) is 2. The first-order valence-electron chi connectivity index (χ1n) is 11.8. The third-order valence-electron chi connectivity index (χ3n) is 5.65. The van der Waals surface area contributed by atoms with E-state index in [-0.39, 0.29) is 24.1 Å². The number of hydrogen-bond acceptors (Lipinski definition) is 5. The molecule has 0 radical (unpaired) electrons. The standard InChI is InChI=1S/C26H36ClN3O5S/c1-7-22(26(32)28-15-18(2)3)29(16-20-10-8-9-11-21(20)27)25(31)17-30(36(6,33)34)23-14-19(4)12-13-24(23)35-5/h8-14,18,22H,7,15-17H2,1-6H3,(H,28,32). The number of ether oxygens (including phenoxy) is 1. The number of sulfonamides is 1. The smallest absolute Gasteiger partial charge is 0.244 e. The summed E-state index contributed by atoms with van der Waals surface area (Å²) in [5.41, 5.74) is 1.71. The van der Waals surface area contributed by atoms with E-state index in [0.29, 0.717) is 29.3 Å². The lowest BCUT2D eigenvalue weighted by Gasteiger charge is -2.33. The molecule has 36 heavy (non-hydrogen) atoms. The van der Waals surface area contributed by atoms with Crippen LogP contribution in [0.25, 0.3) is 0 Å². The van der Waals surface area contributed by atoms with Crippen molar-refractivity contribution >= 4 is 39.1 Å². The van der Waals surface area contributed by atoms with Gasteiger partial charge in [-0.25, -0.2) is 8.42 Å². The molecule has 2 aromatic rings. The maximum atomic E-state index is 13.8. The fraction of sp³-hybridized carbons (Fsp3) is 0.462. The van der Waals surface area contributed by atoms with Crippen LogP contribution < -0.4 is 14.4 Å². The Bertz CT molecular complexity index is 1170. The molecule has 8 nitrogen and oxygen atoms in total. The van der Waals surface area contributed by atoms with Crippen molar-refractivity contribution in [3.63, 3.8) is 0 Å². The number of carbonyl (C=O) groups excluding carboxylic acids is 2. The molecule has 1 unspecified atom stereocenters. The number of methoxy groups -OCH3 is 1. The second kappa shape index (κ2) is 13.0. The summed E-state index contributed by atoms with van der Waals surface area (Å²) >= 11 is 6.37. The van der Waals surface area contributed by atoms with Crippen LogP contribution in [0.5, 0.6) is 5.75 Å². The molecule has 0 spiro atoms. The van der Waals surface area contributed by atoms with Crippen LogP contribution in [-0.2, 0) is 26.2 Å². The highest BCUT2D eigenvalue weighted by Gasteiger charge is 2.33. The normalized spacial score (nSPS) is 12.2. The van der Waals surface area contributed by atoms with Gasteiger partial charge < -0.3 is 15.0 Å². The zero-order valence-electron chi connectivity index (χ0n) is 21.7. The Labute approximate surface area is 219 Å². The zero-order chi connectivity index (χ0) is 27.0. The minimum Gasteiger partial charge on any atom is -0.495 e. The largest absolute Gasteiger partial charge is 0.495 e. The van der Waals surface area contributed by atoms with Gasteiger partial charge in [-0.1, -0.05) is 56.6 Å². The maximum absolute atomic E-state index is 13.8. The van der Waals surface area contributed by atoms with Crippen molar-refractivity contribution in [2.45, 2.75) is 46.7 Å². The van der Waals surface area contributed by atoms with Crippen molar-refractivity contribution in [2.24, 2.45) is 5.92 Å². The molecule has 0 fully saturated rings. The topological polar surface area (TPSA) is 96.0 Å². The van der Waals surface area contributed by atoms with E-state index in [1.54, 1.807) is 42.5 Å². The summed E-state index contributed by atoms with van der Waals surface area (Å²) in [5.74, 6) is -0.284. The predicted molar refractivity (Wildman–Crippen MR) is 144 cm³/mol. The molecule has 0 aliphatic heterocycles. The minimum atomic E-state index is -3.87. The zero-order valence-corrected chi connectivity index (χ0v) is 23.3. The summed E-state index contributed by atoms with van der Waals surface area (Å²) in [7, 11) is -2.44. The lowest BCUT2D eigenvalue weighted by molar-refractivity contribution is -0.140. The first-order chi connectivity index (χ1) is 16.9. The molecule has 10 heteroatoms. The fourth-order valence-electron chi connectivity index (χ4n) is 3.74. The average molecular weight is 538 g/mol. The van der Waals surface area contributed by atoms with Crippen LogP contribution in [0.4, 0.5) is 5.69 Å². The van der Waals surface area contributed by atoms with E-state index in [1.165, 1.54) is 12.0 Å². The van der Waals surface area contributed by atoms with Crippen LogP contribution in [0.3, 0.4) is 0 Å². The van der Waals surface area contributed by atoms with Gasteiger partial charge in [0.15, 0.2) is 0 Å². The molecule has 2 aromatic carbocycles. The molecule has 0 saturated carbocycles. The predicted octanol–water partition coefficient (Wildman–Crippen LogP) is 4.00. The van der Waals surface area contributed by atoms with Gasteiger partial charge in [-0.2, -0.15) is 0 Å². The van der Waals surface area contributed by atoms with Crippen molar-refractivity contribution in [2.75, 3.05) is 30.8 Å². The highest BCUT2D eigenvalue weighted by Crippen LogP contribution is 2.31. The monoisotopic (exact) mass is 537 g/mol. The number of amides is 2. The van der Waals surface area contributed by atoms with Gasteiger partial charge in [-0.15, -0.1) is 0 Å². The average Bonchev–Trinajstić information content (AvgIpc) is 2.81. The number of carbonyl (C=O) groups is 2. The van der Waals surface area contributed by atoms with E-state index in [0.717, 1.165) is 16.1 Å². The number of halogens is 1. The number of benzene rings is 2. The quantitative estimate of drug-likeness (QED) is 0.441. The molecular formula is C26H36ClN3O5S. The molecule has 0 aromatic heterocycles. The SMILES string of the molecule is CCC(C(=O)NCC(C)C)N(Cc1ccccc1Cl)C(=O)CN(c1cc(C)ccc1OC)S(C)(=O)=O. The third kappa shape index (κ3) is 7.86. The van der Waals surface area contributed by atoms with E-state index >= 15 is 0 Å². The highest BCUT2D eigenvalue weighted by atomic mass is 35.5. The van der Waals surface area contributed by atoms with E-state index in [2.05, 4.69) is 5.32 Å². The summed E-state index contributed by atoms with van der Waals surface area (Å²) < 4.78 is 32.1. The van der Waals surface area contributed by atoms with E-state index in [1.807, 2.05) is 27.7 Å². The Kier molecular flexibility index (Phi) is 10.6. The molecule has 1 atom stereocenters. The van der Waals surface area contributed by atoms with Gasteiger partial charge in [-0.05, 0) is 48.6 Å². The highest BCUT2D eigenvalue weighted by molar-refractivity contribution is 7.92. The summed E-state index contributed by atoms with van der Waals surface area (Å²) in [6, 6.07) is 11.3. The first kappa shape index (κ1) is 29.5. The van der Waals surface area contributed by atoms with Crippen LogP contribution in [-0.4, -0.2) is 57.6 Å². The van der Waals surface area contributed by atoms with Gasteiger partial charge >= 0.3 is 0 Å². The van der Waals surface area contributed by atoms with Crippen molar-refractivity contribution in [3.8, 4) is 5.75 Å². The Balaban J connectivity index is 2.51. The summed E-state index contributed by atoms with van der Waals surface area (Å²) in [5, 5.41) is 3.34. The van der Waals surface area contributed by atoms with Crippen LogP contribution in [0.1, 0.15) is 38.3 Å². The lowest BCUT2D eigenvalue weighted by atomic mass is 10.1. The van der Waals surface area contributed by atoms with Crippen LogP contribution >= 0.6 is 11.6 Å². The van der Waals surface area contributed by atoms with Crippen molar-refractivity contribution in [1.29, 1.82) is 0 Å². The molecule has 2 amide bonds. The summed E-state index contributed by atoms with van der Waals surface area (Å²) in [6.45, 7) is 7.59. The molecular weight excluding hydrogens is 502 g/mol. The number of nitrogens with one attached hydrogen (secondary N) is 1. The van der Waals surface area contributed by atoms with Gasteiger partial charge in [0.05, 0.1) is 19.1 Å². The maximum Gasteiger partial charge on any atom is 0.244 e. The van der Waals surface area contributed by atoms with Crippen LogP contribution in [0, 0.1) is 12.8 Å². The number of rotatable bonds is 12.